The fourth-order valence-electron chi connectivity index (χ4n) is 4.74. The number of methoxy groups -OCH3 is 1. The Kier molecular flexibility index (Phi) is 5.81. The summed E-state index contributed by atoms with van der Waals surface area (Å²) in [6.45, 7) is 0.911. The van der Waals surface area contributed by atoms with Crippen molar-refractivity contribution in [3.05, 3.63) is 54.1 Å². The molecule has 2 heterocycles. The molecule has 0 radical (unpaired) electrons. The lowest BCUT2D eigenvalue weighted by Gasteiger charge is -2.38. The number of anilines is 1. The van der Waals surface area contributed by atoms with Crippen LogP contribution >= 0.6 is 0 Å². The first-order valence-corrected chi connectivity index (χ1v) is 11.7. The molecule has 2 aliphatic rings. The second-order valence-electron chi connectivity index (χ2n) is 8.11. The topological polar surface area (TPSA) is 102 Å². The van der Waals surface area contributed by atoms with Crippen LogP contribution in [0.5, 0.6) is 5.75 Å². The Labute approximate surface area is 177 Å². The fourth-order valence-corrected chi connectivity index (χ4v) is 5.28. The van der Waals surface area contributed by atoms with Crippen LogP contribution < -0.4 is 15.2 Å². The number of hydrogen-bond acceptors (Lipinski definition) is 5. The van der Waals surface area contributed by atoms with Crippen molar-refractivity contribution in [1.29, 1.82) is 0 Å². The highest BCUT2D eigenvalue weighted by atomic mass is 32.2. The molecule has 4 rings (SSSR count). The maximum atomic E-state index is 13.0. The summed E-state index contributed by atoms with van der Waals surface area (Å²) >= 11 is 0. The average molecular weight is 430 g/mol. The lowest BCUT2D eigenvalue weighted by Crippen LogP contribution is -2.45. The smallest absolute Gasteiger partial charge is 0.238 e. The maximum absolute atomic E-state index is 13.0. The van der Waals surface area contributed by atoms with Gasteiger partial charge in [-0.3, -0.25) is 9.69 Å². The third-order valence-electron chi connectivity index (χ3n) is 6.22. The predicted molar refractivity (Wildman–Crippen MR) is 115 cm³/mol. The number of nitrogens with zero attached hydrogens (tertiary/aromatic N) is 1. The van der Waals surface area contributed by atoms with Gasteiger partial charge in [-0.15, -0.1) is 0 Å². The van der Waals surface area contributed by atoms with Gasteiger partial charge in [-0.1, -0.05) is 30.3 Å². The third-order valence-corrected chi connectivity index (χ3v) is 7.13. The van der Waals surface area contributed by atoms with Gasteiger partial charge < -0.3 is 10.1 Å². The van der Waals surface area contributed by atoms with Crippen LogP contribution in [0.3, 0.4) is 0 Å². The van der Waals surface area contributed by atoms with Crippen molar-refractivity contribution in [1.82, 2.24) is 4.90 Å². The molecule has 2 aromatic rings. The number of sulfonamides is 1. The molecule has 2 unspecified atom stereocenters. The number of nitrogens with one attached hydrogen (secondary N) is 1. The molecule has 0 aliphatic carbocycles. The summed E-state index contributed by atoms with van der Waals surface area (Å²) in [6, 6.07) is 15.4. The molecule has 2 aliphatic heterocycles. The fraction of sp³-hybridized carbons (Fsp3) is 0.409. The number of rotatable bonds is 6. The summed E-state index contributed by atoms with van der Waals surface area (Å²) in [7, 11) is -2.39. The molecule has 8 heteroatoms. The molecule has 2 fully saturated rings. The van der Waals surface area contributed by atoms with E-state index in [0.29, 0.717) is 23.5 Å². The number of nitrogens with two attached hydrogens (primary N) is 1. The number of primary sulfonamides is 1. The molecule has 1 amide bonds. The van der Waals surface area contributed by atoms with Gasteiger partial charge in [-0.25, -0.2) is 13.6 Å². The second-order valence-corrected chi connectivity index (χ2v) is 9.67. The normalized spacial score (nSPS) is 23.9. The number of carbonyl (C=O) groups is 1. The Balaban J connectivity index is 1.46. The van der Waals surface area contributed by atoms with Crippen molar-refractivity contribution in [3.8, 4) is 5.75 Å². The van der Waals surface area contributed by atoms with Crippen LogP contribution in [0.25, 0.3) is 0 Å². The van der Waals surface area contributed by atoms with E-state index in [-0.39, 0.29) is 16.7 Å². The van der Waals surface area contributed by atoms with Crippen molar-refractivity contribution in [3.63, 3.8) is 0 Å². The molecule has 0 aromatic heterocycles. The highest BCUT2D eigenvalue weighted by Crippen LogP contribution is 2.40. The van der Waals surface area contributed by atoms with Crippen LogP contribution in [-0.4, -0.2) is 38.4 Å². The van der Waals surface area contributed by atoms with Gasteiger partial charge in [0.05, 0.1) is 17.7 Å². The molecule has 3 N–H and O–H groups in total. The molecule has 160 valence electrons. The van der Waals surface area contributed by atoms with Crippen LogP contribution in [0.1, 0.15) is 31.2 Å². The molecular weight excluding hydrogens is 402 g/mol. The van der Waals surface area contributed by atoms with Crippen LogP contribution in [0.2, 0.25) is 0 Å². The van der Waals surface area contributed by atoms with Crippen molar-refractivity contribution in [2.75, 3.05) is 12.4 Å². The Morgan fingerprint density at radius 1 is 1.13 bits per heavy atom. The predicted octanol–water partition coefficient (Wildman–Crippen LogP) is 2.72. The first kappa shape index (κ1) is 20.8. The second kappa shape index (κ2) is 8.37. The van der Waals surface area contributed by atoms with Crippen LogP contribution in [0.4, 0.5) is 5.69 Å². The quantitative estimate of drug-likeness (QED) is 0.735. The van der Waals surface area contributed by atoms with Gasteiger partial charge in [0.1, 0.15) is 5.75 Å². The van der Waals surface area contributed by atoms with Gasteiger partial charge >= 0.3 is 0 Å². The van der Waals surface area contributed by atoms with E-state index in [4.69, 9.17) is 9.88 Å². The van der Waals surface area contributed by atoms with E-state index >= 15 is 0 Å². The Morgan fingerprint density at radius 2 is 1.80 bits per heavy atom. The van der Waals surface area contributed by atoms with E-state index in [0.717, 1.165) is 32.2 Å². The summed E-state index contributed by atoms with van der Waals surface area (Å²) in [4.78, 5) is 15.5. The summed E-state index contributed by atoms with van der Waals surface area (Å²) in [6.07, 6.45) is 3.80. The van der Waals surface area contributed by atoms with E-state index in [1.165, 1.54) is 30.9 Å². The standard InChI is InChI=1S/C22H27N3O4S/c1-29-21-10-9-19(30(23,27)28)13-20(21)24-22(26)16-11-17-7-8-18(12-16)25(17)14-15-5-3-2-4-6-15/h2-6,9-10,13,16-18H,7-8,11-12,14H2,1H3,(H,24,26)(H2,23,27,28). The Bertz CT molecular complexity index is 1010. The van der Waals surface area contributed by atoms with Gasteiger partial charge in [0.15, 0.2) is 0 Å². The van der Waals surface area contributed by atoms with E-state index in [2.05, 4.69) is 34.5 Å². The summed E-state index contributed by atoms with van der Waals surface area (Å²) in [5, 5.41) is 8.10. The molecular formula is C22H27N3O4S. The highest BCUT2D eigenvalue weighted by Gasteiger charge is 2.42. The molecule has 7 nitrogen and oxygen atoms in total. The first-order chi connectivity index (χ1) is 14.3. The number of amides is 1. The zero-order valence-corrected chi connectivity index (χ0v) is 17.8. The van der Waals surface area contributed by atoms with Crippen molar-refractivity contribution < 1.29 is 17.9 Å². The summed E-state index contributed by atoms with van der Waals surface area (Å²) in [5.74, 6) is 0.189. The summed E-state index contributed by atoms with van der Waals surface area (Å²) in [5.41, 5.74) is 1.62. The minimum atomic E-state index is -3.87. The molecule has 2 aromatic carbocycles. The number of hydrogen-bond donors (Lipinski definition) is 2. The monoisotopic (exact) mass is 429 g/mol. The first-order valence-electron chi connectivity index (χ1n) is 10.2. The maximum Gasteiger partial charge on any atom is 0.238 e. The van der Waals surface area contributed by atoms with Crippen LogP contribution in [0, 0.1) is 5.92 Å². The number of benzene rings is 2. The molecule has 2 bridgehead atoms. The zero-order chi connectivity index (χ0) is 21.3. The lowest BCUT2D eigenvalue weighted by atomic mass is 9.89. The van der Waals surface area contributed by atoms with Crippen molar-refractivity contribution >= 4 is 21.6 Å². The Morgan fingerprint density at radius 3 is 2.40 bits per heavy atom. The molecule has 2 saturated heterocycles. The van der Waals surface area contributed by atoms with Crippen molar-refractivity contribution in [2.45, 2.75) is 49.2 Å². The van der Waals surface area contributed by atoms with E-state index in [1.54, 1.807) is 0 Å². The number of ether oxygens (including phenoxy) is 1. The van der Waals surface area contributed by atoms with Gasteiger partial charge in [0.25, 0.3) is 0 Å². The van der Waals surface area contributed by atoms with Gasteiger partial charge in [-0.2, -0.15) is 0 Å². The molecule has 0 saturated carbocycles. The average Bonchev–Trinajstić information content (AvgIpc) is 2.95. The van der Waals surface area contributed by atoms with Gasteiger partial charge in [0.2, 0.25) is 15.9 Å². The summed E-state index contributed by atoms with van der Waals surface area (Å²) < 4.78 is 28.6. The molecule has 0 spiro atoms. The highest BCUT2D eigenvalue weighted by molar-refractivity contribution is 7.89. The number of piperidine rings is 1. The van der Waals surface area contributed by atoms with E-state index < -0.39 is 10.0 Å². The van der Waals surface area contributed by atoms with Crippen LogP contribution in [-0.2, 0) is 21.4 Å². The SMILES string of the molecule is COc1ccc(S(N)(=O)=O)cc1NC(=O)C1CC2CCC(C1)N2Cc1ccccc1. The van der Waals surface area contributed by atoms with E-state index in [1.807, 2.05) is 6.07 Å². The van der Waals surface area contributed by atoms with Gasteiger partial charge in [0, 0.05) is 24.5 Å². The van der Waals surface area contributed by atoms with Crippen molar-refractivity contribution in [2.24, 2.45) is 11.1 Å². The molecule has 30 heavy (non-hydrogen) atoms. The minimum absolute atomic E-state index is 0.0589. The molecule has 2 atom stereocenters. The number of fused-ring (bicyclic) bond motifs is 2. The largest absolute Gasteiger partial charge is 0.495 e. The Hall–Kier alpha value is -2.42. The van der Waals surface area contributed by atoms with Crippen LogP contribution in [0.15, 0.2) is 53.4 Å². The van der Waals surface area contributed by atoms with Gasteiger partial charge in [-0.05, 0) is 49.4 Å². The third kappa shape index (κ3) is 4.35. The van der Waals surface area contributed by atoms with E-state index in [9.17, 15) is 13.2 Å². The lowest BCUT2D eigenvalue weighted by molar-refractivity contribution is -0.122. The minimum Gasteiger partial charge on any atom is -0.495 e. The zero-order valence-electron chi connectivity index (χ0n) is 17.0. The number of carbonyl (C=O) groups excluding carboxylic acids is 1.